The Bertz CT molecular complexity index is 457. The Kier molecular flexibility index (Phi) is 2.57. The lowest BCUT2D eigenvalue weighted by molar-refractivity contribution is 0.0692. The van der Waals surface area contributed by atoms with E-state index in [4.69, 9.17) is 9.52 Å². The van der Waals surface area contributed by atoms with Gasteiger partial charge >= 0.3 is 5.97 Å². The first kappa shape index (κ1) is 9.95. The highest BCUT2D eigenvalue weighted by molar-refractivity contribution is 7.10. The number of hydrogen-bond acceptors (Lipinski definition) is 4. The number of hydrogen-bond donors (Lipinski definition) is 2. The van der Waals surface area contributed by atoms with Gasteiger partial charge in [-0.05, 0) is 23.6 Å². The molecule has 0 spiro atoms. The Morgan fingerprint density at radius 3 is 2.87 bits per heavy atom. The van der Waals surface area contributed by atoms with Crippen molar-refractivity contribution in [2.24, 2.45) is 0 Å². The molecule has 2 aromatic rings. The summed E-state index contributed by atoms with van der Waals surface area (Å²) in [5.74, 6) is -0.697. The number of aliphatic hydroxyl groups excluding tert-OH is 1. The van der Waals surface area contributed by atoms with Crippen LogP contribution in [0.1, 0.15) is 27.1 Å². The molecule has 0 aliphatic carbocycles. The molecule has 4 nitrogen and oxygen atoms in total. The van der Waals surface area contributed by atoms with Gasteiger partial charge in [-0.25, -0.2) is 4.79 Å². The molecule has 78 valence electrons. The molecule has 0 saturated carbocycles. The molecule has 1 atom stereocenters. The van der Waals surface area contributed by atoms with Crippen molar-refractivity contribution < 1.29 is 19.4 Å². The van der Waals surface area contributed by atoms with Crippen LogP contribution in [0.3, 0.4) is 0 Å². The van der Waals surface area contributed by atoms with E-state index in [1.807, 2.05) is 0 Å². The summed E-state index contributed by atoms with van der Waals surface area (Å²) in [6.07, 6.45) is 0.429. The number of carbonyl (C=O) groups is 1. The lowest BCUT2D eigenvalue weighted by Crippen LogP contribution is -2.03. The summed E-state index contributed by atoms with van der Waals surface area (Å²) in [5.41, 5.74) is 0.115. The number of carboxylic acids is 1. The van der Waals surface area contributed by atoms with E-state index in [9.17, 15) is 9.90 Å². The summed E-state index contributed by atoms with van der Waals surface area (Å²) >= 11 is 1.19. The van der Waals surface area contributed by atoms with E-state index in [0.29, 0.717) is 10.6 Å². The Morgan fingerprint density at radius 2 is 2.27 bits per heavy atom. The largest absolute Gasteiger partial charge is 0.478 e. The highest BCUT2D eigenvalue weighted by Crippen LogP contribution is 2.29. The third kappa shape index (κ3) is 1.79. The van der Waals surface area contributed by atoms with Crippen LogP contribution in [0.5, 0.6) is 0 Å². The second-order valence-corrected chi connectivity index (χ2v) is 3.87. The van der Waals surface area contributed by atoms with Gasteiger partial charge in [-0.15, -0.1) is 11.3 Å². The molecule has 0 saturated heterocycles. The fourth-order valence-electron chi connectivity index (χ4n) is 1.29. The molecule has 2 N–H and O–H groups in total. The second-order valence-electron chi connectivity index (χ2n) is 2.92. The van der Waals surface area contributed by atoms with Crippen molar-refractivity contribution in [3.8, 4) is 0 Å². The first-order valence-electron chi connectivity index (χ1n) is 4.22. The summed E-state index contributed by atoms with van der Waals surface area (Å²) in [6, 6.07) is 4.72. The van der Waals surface area contributed by atoms with Gasteiger partial charge in [0.05, 0.1) is 16.7 Å². The van der Waals surface area contributed by atoms with Crippen LogP contribution in [0.25, 0.3) is 0 Å². The fourth-order valence-corrected chi connectivity index (χ4v) is 2.16. The molecule has 2 heterocycles. The van der Waals surface area contributed by atoms with E-state index in [2.05, 4.69) is 0 Å². The van der Waals surface area contributed by atoms with Crippen molar-refractivity contribution in [2.75, 3.05) is 0 Å². The van der Waals surface area contributed by atoms with Gasteiger partial charge in [0, 0.05) is 0 Å². The molecular formula is C10H8O4S. The monoisotopic (exact) mass is 224 g/mol. The Hall–Kier alpha value is -1.59. The minimum atomic E-state index is -1.04. The van der Waals surface area contributed by atoms with Crippen LogP contribution in [0.2, 0.25) is 0 Å². The van der Waals surface area contributed by atoms with Gasteiger partial charge in [-0.2, -0.15) is 0 Å². The molecular weight excluding hydrogens is 216 g/mol. The predicted octanol–water partition coefficient (Wildman–Crippen LogP) is 2.12. The van der Waals surface area contributed by atoms with Crippen molar-refractivity contribution in [1.29, 1.82) is 0 Å². The molecule has 0 amide bonds. The Balaban J connectivity index is 2.37. The van der Waals surface area contributed by atoms with Crippen LogP contribution < -0.4 is 0 Å². The maximum Gasteiger partial charge on any atom is 0.336 e. The third-order valence-electron chi connectivity index (χ3n) is 1.99. The molecule has 1 unspecified atom stereocenters. The van der Waals surface area contributed by atoms with Crippen LogP contribution in [-0.4, -0.2) is 16.2 Å². The quantitative estimate of drug-likeness (QED) is 0.837. The molecule has 15 heavy (non-hydrogen) atoms. The Morgan fingerprint density at radius 1 is 1.47 bits per heavy atom. The number of carboxylic acid groups (broad SMARTS) is 1. The SMILES string of the molecule is O=C(O)c1ccsc1C(O)c1ccco1. The van der Waals surface area contributed by atoms with Crippen molar-refractivity contribution in [3.05, 3.63) is 46.0 Å². The van der Waals surface area contributed by atoms with Crippen LogP contribution in [0.15, 0.2) is 34.3 Å². The van der Waals surface area contributed by atoms with E-state index in [-0.39, 0.29) is 5.56 Å². The maximum absolute atomic E-state index is 10.8. The molecule has 5 heteroatoms. The zero-order valence-corrected chi connectivity index (χ0v) is 8.40. The summed E-state index contributed by atoms with van der Waals surface area (Å²) < 4.78 is 5.02. The van der Waals surface area contributed by atoms with Gasteiger partial charge in [0.1, 0.15) is 11.9 Å². The summed E-state index contributed by atoms with van der Waals surface area (Å²) in [6.45, 7) is 0. The van der Waals surface area contributed by atoms with Crippen LogP contribution >= 0.6 is 11.3 Å². The molecule has 2 rings (SSSR count). The molecule has 0 bridgehead atoms. The highest BCUT2D eigenvalue weighted by atomic mass is 32.1. The third-order valence-corrected chi connectivity index (χ3v) is 2.96. The number of furan rings is 1. The van der Waals surface area contributed by atoms with Crippen LogP contribution in [0.4, 0.5) is 0 Å². The molecule has 0 fully saturated rings. The number of thiophene rings is 1. The van der Waals surface area contributed by atoms with Gasteiger partial charge in [0.15, 0.2) is 0 Å². The minimum Gasteiger partial charge on any atom is -0.478 e. The van der Waals surface area contributed by atoms with Crippen molar-refractivity contribution in [1.82, 2.24) is 0 Å². The molecule has 0 aliphatic rings. The highest BCUT2D eigenvalue weighted by Gasteiger charge is 2.21. The molecule has 0 aromatic carbocycles. The van der Waals surface area contributed by atoms with E-state index in [0.717, 1.165) is 0 Å². The van der Waals surface area contributed by atoms with E-state index >= 15 is 0 Å². The van der Waals surface area contributed by atoms with Crippen LogP contribution in [0, 0.1) is 0 Å². The average molecular weight is 224 g/mol. The number of rotatable bonds is 3. The average Bonchev–Trinajstić information content (AvgIpc) is 2.88. The van der Waals surface area contributed by atoms with Gasteiger partial charge in [0.25, 0.3) is 0 Å². The van der Waals surface area contributed by atoms with Crippen LogP contribution in [-0.2, 0) is 0 Å². The van der Waals surface area contributed by atoms with Gasteiger partial charge < -0.3 is 14.6 Å². The molecule has 0 aliphatic heterocycles. The minimum absolute atomic E-state index is 0.115. The van der Waals surface area contributed by atoms with Gasteiger partial charge in [0.2, 0.25) is 0 Å². The van der Waals surface area contributed by atoms with Gasteiger partial charge in [-0.1, -0.05) is 0 Å². The zero-order chi connectivity index (χ0) is 10.8. The first-order chi connectivity index (χ1) is 7.20. The summed E-state index contributed by atoms with van der Waals surface area (Å²) in [7, 11) is 0. The summed E-state index contributed by atoms with van der Waals surface area (Å²) in [5, 5.41) is 20.3. The fraction of sp³-hybridized carbons (Fsp3) is 0.100. The molecule has 2 aromatic heterocycles. The summed E-state index contributed by atoms with van der Waals surface area (Å²) in [4.78, 5) is 11.2. The normalized spacial score (nSPS) is 12.6. The van der Waals surface area contributed by atoms with Crippen molar-refractivity contribution >= 4 is 17.3 Å². The van der Waals surface area contributed by atoms with E-state index in [1.165, 1.54) is 23.7 Å². The van der Waals surface area contributed by atoms with Crippen molar-refractivity contribution in [3.63, 3.8) is 0 Å². The predicted molar refractivity (Wildman–Crippen MR) is 54.0 cm³/mol. The molecule has 0 radical (unpaired) electrons. The second kappa shape index (κ2) is 3.88. The van der Waals surface area contributed by atoms with Gasteiger partial charge in [-0.3, -0.25) is 0 Å². The number of aromatic carboxylic acids is 1. The lowest BCUT2D eigenvalue weighted by atomic mass is 10.1. The smallest absolute Gasteiger partial charge is 0.336 e. The standard InChI is InChI=1S/C10H8O4S/c11-8(7-2-1-4-14-7)9-6(10(12)13)3-5-15-9/h1-5,8,11H,(H,12,13). The Labute approximate surface area is 89.4 Å². The topological polar surface area (TPSA) is 70.7 Å². The number of aliphatic hydroxyl groups is 1. The van der Waals surface area contributed by atoms with E-state index in [1.54, 1.807) is 17.5 Å². The van der Waals surface area contributed by atoms with E-state index < -0.39 is 12.1 Å². The lowest BCUT2D eigenvalue weighted by Gasteiger charge is -2.06. The maximum atomic E-state index is 10.8. The zero-order valence-electron chi connectivity index (χ0n) is 7.58. The first-order valence-corrected chi connectivity index (χ1v) is 5.10. The van der Waals surface area contributed by atoms with Crippen molar-refractivity contribution in [2.45, 2.75) is 6.10 Å².